The summed E-state index contributed by atoms with van der Waals surface area (Å²) in [5.74, 6) is 0.477. The molecule has 0 saturated carbocycles. The molecule has 1 aromatic heterocycles. The highest BCUT2D eigenvalue weighted by molar-refractivity contribution is 6.02. The first-order valence-corrected chi connectivity index (χ1v) is 9.31. The number of ether oxygens (including phenoxy) is 1. The van der Waals surface area contributed by atoms with Crippen molar-refractivity contribution in [2.24, 2.45) is 0 Å². The van der Waals surface area contributed by atoms with E-state index in [4.69, 9.17) is 4.74 Å². The predicted molar refractivity (Wildman–Crippen MR) is 108 cm³/mol. The molecule has 1 unspecified atom stereocenters. The number of aryl methyl sites for hydroxylation is 2. The lowest BCUT2D eigenvalue weighted by molar-refractivity contribution is -0.147. The van der Waals surface area contributed by atoms with Crippen LogP contribution >= 0.6 is 0 Å². The number of nitrogens with one attached hydrogen (secondary N) is 2. The van der Waals surface area contributed by atoms with E-state index in [0.29, 0.717) is 18.7 Å². The third kappa shape index (κ3) is 3.01. The van der Waals surface area contributed by atoms with E-state index in [1.54, 1.807) is 12.0 Å². The molecule has 0 radical (unpaired) electrons. The van der Waals surface area contributed by atoms with Gasteiger partial charge in [0.2, 0.25) is 5.91 Å². The average Bonchev–Trinajstić information content (AvgIpc) is 3.10. The van der Waals surface area contributed by atoms with Gasteiger partial charge in [-0.1, -0.05) is 18.2 Å². The molecule has 144 valence electrons. The molecule has 0 bridgehead atoms. The number of fused-ring (bicyclic) bond motifs is 1. The number of carbonyl (C=O) groups excluding carboxylic acids is 2. The number of likely N-dealkylation sites (tertiary alicyclic amines) is 1. The molecule has 3 aromatic rings. The van der Waals surface area contributed by atoms with E-state index in [1.807, 2.05) is 56.4 Å². The second kappa shape index (κ2) is 7.03. The molecule has 0 aliphatic carbocycles. The minimum atomic E-state index is -0.693. The maximum Gasteiger partial charge on any atom is 0.251 e. The van der Waals surface area contributed by atoms with Crippen LogP contribution in [0, 0.1) is 13.8 Å². The maximum atomic E-state index is 13.3. The fourth-order valence-corrected chi connectivity index (χ4v) is 3.73. The summed E-state index contributed by atoms with van der Waals surface area (Å²) in [6, 6.07) is 10.9. The number of anilines is 1. The average molecular weight is 377 g/mol. The van der Waals surface area contributed by atoms with Crippen LogP contribution in [0.2, 0.25) is 0 Å². The van der Waals surface area contributed by atoms with Crippen LogP contribution in [0.3, 0.4) is 0 Å². The van der Waals surface area contributed by atoms with Crippen LogP contribution in [0.4, 0.5) is 5.69 Å². The Morgan fingerprint density at radius 2 is 1.96 bits per heavy atom. The number of hydrogen-bond acceptors (Lipinski definition) is 3. The van der Waals surface area contributed by atoms with E-state index in [1.165, 1.54) is 0 Å². The zero-order valence-corrected chi connectivity index (χ0v) is 16.2. The van der Waals surface area contributed by atoms with Gasteiger partial charge in [-0.25, -0.2) is 0 Å². The van der Waals surface area contributed by atoms with E-state index in [2.05, 4.69) is 10.3 Å². The van der Waals surface area contributed by atoms with Gasteiger partial charge in [-0.15, -0.1) is 0 Å². The lowest BCUT2D eigenvalue weighted by Crippen LogP contribution is -2.49. The molecule has 0 spiro atoms. The highest BCUT2D eigenvalue weighted by Crippen LogP contribution is 2.35. The van der Waals surface area contributed by atoms with Crippen LogP contribution in [0.5, 0.6) is 5.75 Å². The topological polar surface area (TPSA) is 74.4 Å². The number of para-hydroxylation sites is 1. The molecule has 1 fully saturated rings. The van der Waals surface area contributed by atoms with E-state index < -0.39 is 6.04 Å². The second-order valence-electron chi connectivity index (χ2n) is 7.15. The van der Waals surface area contributed by atoms with Gasteiger partial charge in [0.25, 0.3) is 5.91 Å². The SMILES string of the molecule is COc1ccc2[nH]cc(C(C(=O)Nc3c(C)cccc3C)N3CCC3=O)c2c1. The highest BCUT2D eigenvalue weighted by atomic mass is 16.5. The Kier molecular flexibility index (Phi) is 4.55. The summed E-state index contributed by atoms with van der Waals surface area (Å²) in [7, 11) is 1.61. The van der Waals surface area contributed by atoms with Crippen molar-refractivity contribution < 1.29 is 14.3 Å². The quantitative estimate of drug-likeness (QED) is 0.666. The number of aromatic nitrogens is 1. The Bertz CT molecular complexity index is 1050. The third-order valence-electron chi connectivity index (χ3n) is 5.39. The molecule has 4 rings (SSSR count). The summed E-state index contributed by atoms with van der Waals surface area (Å²) in [5, 5.41) is 3.93. The van der Waals surface area contributed by atoms with Crippen molar-refractivity contribution in [1.82, 2.24) is 9.88 Å². The Labute approximate surface area is 163 Å². The number of amides is 2. The lowest BCUT2D eigenvalue weighted by atomic mass is 9.98. The molecular weight excluding hydrogens is 354 g/mol. The van der Waals surface area contributed by atoms with Crippen molar-refractivity contribution in [1.29, 1.82) is 0 Å². The Hall–Kier alpha value is -3.28. The van der Waals surface area contributed by atoms with Gasteiger partial charge in [0.1, 0.15) is 11.8 Å². The van der Waals surface area contributed by atoms with Crippen LogP contribution < -0.4 is 10.1 Å². The van der Waals surface area contributed by atoms with E-state index in [0.717, 1.165) is 33.3 Å². The zero-order chi connectivity index (χ0) is 19.8. The van der Waals surface area contributed by atoms with Crippen molar-refractivity contribution in [3.63, 3.8) is 0 Å². The van der Waals surface area contributed by atoms with E-state index in [-0.39, 0.29) is 11.8 Å². The largest absolute Gasteiger partial charge is 0.497 e. The number of rotatable bonds is 5. The number of aromatic amines is 1. The van der Waals surface area contributed by atoms with E-state index >= 15 is 0 Å². The monoisotopic (exact) mass is 377 g/mol. The standard InChI is InChI=1S/C22H23N3O3/c1-13-5-4-6-14(2)20(13)24-22(27)21(25-10-9-19(25)26)17-12-23-18-8-7-15(28-3)11-16(17)18/h4-8,11-12,21,23H,9-10H2,1-3H3,(H,24,27). The van der Waals surface area contributed by atoms with Crippen molar-refractivity contribution in [3.8, 4) is 5.75 Å². The number of methoxy groups -OCH3 is 1. The Balaban J connectivity index is 1.76. The molecule has 2 aromatic carbocycles. The molecule has 1 aliphatic heterocycles. The molecule has 1 aliphatic rings. The molecule has 2 heterocycles. The number of benzene rings is 2. The van der Waals surface area contributed by atoms with Crippen molar-refractivity contribution in [2.45, 2.75) is 26.3 Å². The molecule has 1 atom stereocenters. The predicted octanol–water partition coefficient (Wildman–Crippen LogP) is 3.71. The summed E-state index contributed by atoms with van der Waals surface area (Å²) < 4.78 is 5.34. The molecular formula is C22H23N3O3. The van der Waals surface area contributed by atoms with Gasteiger partial charge < -0.3 is 19.9 Å². The van der Waals surface area contributed by atoms with Crippen LogP contribution in [0.25, 0.3) is 10.9 Å². The Morgan fingerprint density at radius 3 is 2.57 bits per heavy atom. The van der Waals surface area contributed by atoms with Crippen molar-refractivity contribution in [2.75, 3.05) is 19.0 Å². The molecule has 1 saturated heterocycles. The first kappa shape index (κ1) is 18.1. The first-order chi connectivity index (χ1) is 13.5. The van der Waals surface area contributed by atoms with Crippen molar-refractivity contribution in [3.05, 3.63) is 59.3 Å². The molecule has 6 heteroatoms. The van der Waals surface area contributed by atoms with Crippen LogP contribution in [-0.4, -0.2) is 35.4 Å². The number of carbonyl (C=O) groups is 2. The number of H-pyrrole nitrogens is 1. The summed E-state index contributed by atoms with van der Waals surface area (Å²) in [5.41, 5.74) is 4.44. The van der Waals surface area contributed by atoms with E-state index in [9.17, 15) is 9.59 Å². The van der Waals surface area contributed by atoms with Gasteiger partial charge in [0, 0.05) is 41.3 Å². The zero-order valence-electron chi connectivity index (χ0n) is 16.2. The third-order valence-corrected chi connectivity index (χ3v) is 5.39. The molecule has 28 heavy (non-hydrogen) atoms. The van der Waals surface area contributed by atoms with Gasteiger partial charge in [-0.3, -0.25) is 9.59 Å². The minimum Gasteiger partial charge on any atom is -0.497 e. The first-order valence-electron chi connectivity index (χ1n) is 9.31. The fourth-order valence-electron chi connectivity index (χ4n) is 3.73. The smallest absolute Gasteiger partial charge is 0.251 e. The van der Waals surface area contributed by atoms with Crippen LogP contribution in [0.1, 0.15) is 29.2 Å². The second-order valence-corrected chi connectivity index (χ2v) is 7.15. The van der Waals surface area contributed by atoms with Gasteiger partial charge in [0.05, 0.1) is 7.11 Å². The van der Waals surface area contributed by atoms with Gasteiger partial charge in [0.15, 0.2) is 0 Å². The molecule has 6 nitrogen and oxygen atoms in total. The molecule has 2 amide bonds. The highest BCUT2D eigenvalue weighted by Gasteiger charge is 2.38. The van der Waals surface area contributed by atoms with Gasteiger partial charge >= 0.3 is 0 Å². The van der Waals surface area contributed by atoms with Gasteiger partial charge in [-0.05, 0) is 43.2 Å². The summed E-state index contributed by atoms with van der Waals surface area (Å²) in [6.45, 7) is 4.49. The number of hydrogen-bond donors (Lipinski definition) is 2. The van der Waals surface area contributed by atoms with Crippen molar-refractivity contribution >= 4 is 28.4 Å². The van der Waals surface area contributed by atoms with Crippen LogP contribution in [0.15, 0.2) is 42.6 Å². The normalized spacial score (nSPS) is 14.7. The summed E-state index contributed by atoms with van der Waals surface area (Å²) in [6.07, 6.45) is 2.28. The summed E-state index contributed by atoms with van der Waals surface area (Å²) >= 11 is 0. The summed E-state index contributed by atoms with van der Waals surface area (Å²) in [4.78, 5) is 30.4. The fraction of sp³-hybridized carbons (Fsp3) is 0.273. The number of nitrogens with zero attached hydrogens (tertiary/aromatic N) is 1. The Morgan fingerprint density at radius 1 is 1.21 bits per heavy atom. The lowest BCUT2D eigenvalue weighted by Gasteiger charge is -2.37. The maximum absolute atomic E-state index is 13.3. The molecule has 2 N–H and O–H groups in total. The minimum absolute atomic E-state index is 0.0149. The van der Waals surface area contributed by atoms with Gasteiger partial charge in [-0.2, -0.15) is 0 Å². The number of β-lactam (4-membered cyclic amide) rings is 1. The van der Waals surface area contributed by atoms with Crippen LogP contribution in [-0.2, 0) is 9.59 Å².